The van der Waals surface area contributed by atoms with Gasteiger partial charge < -0.3 is 10.8 Å². The Morgan fingerprint density at radius 2 is 2.46 bits per heavy atom. The molecule has 1 rings (SSSR count). The quantitative estimate of drug-likeness (QED) is 0.704. The molecule has 8 heteroatoms. The van der Waals surface area contributed by atoms with E-state index in [0.29, 0.717) is 0 Å². The lowest BCUT2D eigenvalue weighted by Gasteiger charge is -1.97. The fourth-order valence-corrected chi connectivity index (χ4v) is 1.29. The predicted molar refractivity (Wildman–Crippen MR) is 47.6 cm³/mol. The van der Waals surface area contributed by atoms with E-state index in [9.17, 15) is 4.79 Å². The standard InChI is InChI=1S/C5H5ClN4O2S/c6-3-8-4(7)10-5(9-3)13-1-2(11)12/h1H2,(H,11,12)(H2,7,8,9,10)/i/hD. The molecule has 1 aromatic rings. The maximum atomic E-state index is 10.2. The summed E-state index contributed by atoms with van der Waals surface area (Å²) >= 11 is 6.40. The van der Waals surface area contributed by atoms with E-state index >= 15 is 0 Å². The smallest absolute Gasteiger partial charge is 0.313 e. The summed E-state index contributed by atoms with van der Waals surface area (Å²) in [5, 5.41) is 8.48. The van der Waals surface area contributed by atoms with Gasteiger partial charge in [0.25, 0.3) is 0 Å². The number of hydrogen-bond donors (Lipinski definition) is 2. The number of nitrogens with zero attached hydrogens (tertiary/aromatic N) is 3. The molecule has 0 fully saturated rings. The zero-order valence-corrected chi connectivity index (χ0v) is 7.76. The Labute approximate surface area is 84.0 Å². The normalized spacial score (nSPS) is 10.7. The number of carboxylic acid groups (broad SMARTS) is 1. The zero-order valence-electron chi connectivity index (χ0n) is 7.19. The molecule has 6 nitrogen and oxygen atoms in total. The molecule has 0 bridgehead atoms. The Hall–Kier alpha value is -1.08. The van der Waals surface area contributed by atoms with Gasteiger partial charge in [-0.2, -0.15) is 15.0 Å². The summed E-state index contributed by atoms with van der Waals surface area (Å²) in [6.45, 7) is 0. The Morgan fingerprint density at radius 1 is 1.69 bits per heavy atom. The van der Waals surface area contributed by atoms with Gasteiger partial charge in [-0.15, -0.1) is 0 Å². The maximum absolute atomic E-state index is 10.2. The first kappa shape index (κ1) is 8.52. The van der Waals surface area contributed by atoms with Crippen molar-refractivity contribution in [2.24, 2.45) is 0 Å². The third-order valence-electron chi connectivity index (χ3n) is 0.912. The molecule has 0 saturated carbocycles. The number of carbonyl (C=O) groups is 1. The van der Waals surface area contributed by atoms with Crippen LogP contribution in [0.4, 0.5) is 5.95 Å². The number of thioether (sulfide) groups is 1. The third-order valence-corrected chi connectivity index (χ3v) is 1.91. The van der Waals surface area contributed by atoms with Crippen molar-refractivity contribution < 1.29 is 11.3 Å². The molecule has 0 amide bonds. The highest BCUT2D eigenvalue weighted by molar-refractivity contribution is 7.99. The Bertz CT molecular complexity index is 353. The molecule has 1 aromatic heterocycles. The molecule has 0 spiro atoms. The lowest BCUT2D eigenvalue weighted by Crippen LogP contribution is -2.02. The molecule has 70 valence electrons. The van der Waals surface area contributed by atoms with Gasteiger partial charge in [0.2, 0.25) is 11.2 Å². The maximum Gasteiger partial charge on any atom is 0.313 e. The summed E-state index contributed by atoms with van der Waals surface area (Å²) in [6.07, 6.45) is 0. The number of carboxylic acids is 1. The molecule has 0 atom stereocenters. The van der Waals surface area contributed by atoms with E-state index in [1.54, 1.807) is 0 Å². The molecular formula is C5H5ClN4O2S. The molecule has 0 aliphatic carbocycles. The second-order valence-electron chi connectivity index (χ2n) is 1.89. The number of nitrogen functional groups attached to an aromatic ring is 1. The average molecular weight is 222 g/mol. The van der Waals surface area contributed by atoms with Crippen LogP contribution < -0.4 is 5.73 Å². The van der Waals surface area contributed by atoms with E-state index in [0.717, 1.165) is 11.8 Å². The van der Waals surface area contributed by atoms with Crippen LogP contribution in [0, 0.1) is 0 Å². The highest BCUT2D eigenvalue weighted by Gasteiger charge is 2.05. The van der Waals surface area contributed by atoms with Gasteiger partial charge in [-0.3, -0.25) is 4.79 Å². The molecule has 3 N–H and O–H groups in total. The van der Waals surface area contributed by atoms with E-state index in [4.69, 9.17) is 18.1 Å². The van der Waals surface area contributed by atoms with Crippen molar-refractivity contribution in [3.05, 3.63) is 5.28 Å². The summed E-state index contributed by atoms with van der Waals surface area (Å²) < 4.78 is 6.77. The minimum Gasteiger partial charge on any atom is -0.481 e. The molecule has 1 heterocycles. The van der Waals surface area contributed by atoms with Gasteiger partial charge in [-0.25, -0.2) is 0 Å². The van der Waals surface area contributed by atoms with Crippen LogP contribution >= 0.6 is 23.4 Å². The molecule has 0 aromatic carbocycles. The van der Waals surface area contributed by atoms with Gasteiger partial charge in [0.15, 0.2) is 6.57 Å². The number of nitrogens with two attached hydrogens (primary N) is 1. The van der Waals surface area contributed by atoms with E-state index < -0.39 is 5.97 Å². The zero-order chi connectivity index (χ0) is 10.6. The van der Waals surface area contributed by atoms with Gasteiger partial charge >= 0.3 is 5.97 Å². The Kier molecular flexibility index (Phi) is 2.78. The van der Waals surface area contributed by atoms with Crippen LogP contribution in [0.15, 0.2) is 5.16 Å². The van der Waals surface area contributed by atoms with Crippen LogP contribution in [-0.2, 0) is 4.79 Å². The predicted octanol–water partition coefficient (Wildman–Crippen LogP) is 0.284. The number of halogens is 1. The first-order chi connectivity index (χ1) is 6.61. The van der Waals surface area contributed by atoms with E-state index in [-0.39, 0.29) is 22.1 Å². The summed E-state index contributed by atoms with van der Waals surface area (Å²) in [5.41, 5.74) is 1.94. The molecule has 0 saturated heterocycles. The molecule has 0 aliphatic rings. The summed E-state index contributed by atoms with van der Waals surface area (Å²) in [7, 11) is 0. The lowest BCUT2D eigenvalue weighted by atomic mass is 10.8. The number of hydrogen-bond acceptors (Lipinski definition) is 6. The van der Waals surface area contributed by atoms with Gasteiger partial charge in [0.1, 0.15) is 0 Å². The molecule has 0 unspecified atom stereocenters. The van der Waals surface area contributed by atoms with Crippen molar-refractivity contribution >= 4 is 35.3 Å². The molecule has 0 radical (unpaired) electrons. The lowest BCUT2D eigenvalue weighted by molar-refractivity contribution is -0.133. The Morgan fingerprint density at radius 3 is 3.08 bits per heavy atom. The topological polar surface area (TPSA) is 102 Å². The van der Waals surface area contributed by atoms with Crippen molar-refractivity contribution in [2.45, 2.75) is 5.16 Å². The minimum absolute atomic E-state index is 0.0158. The number of anilines is 1. The second kappa shape index (κ2) is 4.24. The second-order valence-corrected chi connectivity index (χ2v) is 3.17. The van der Waals surface area contributed by atoms with Crippen LogP contribution in [0.1, 0.15) is 0 Å². The van der Waals surface area contributed by atoms with Gasteiger partial charge in [0, 0.05) is 0 Å². The van der Waals surface area contributed by atoms with E-state index in [2.05, 4.69) is 15.0 Å². The van der Waals surface area contributed by atoms with Crippen LogP contribution in [0.3, 0.4) is 0 Å². The van der Waals surface area contributed by atoms with Gasteiger partial charge in [-0.1, -0.05) is 11.8 Å². The first-order valence-corrected chi connectivity index (χ1v) is 4.42. The van der Waals surface area contributed by atoms with Crippen LogP contribution in [0.2, 0.25) is 6.70 Å². The SMILES string of the molecule is [2H]Nc1nc(Cl)nc(SCC(=O)O)n1. The fraction of sp³-hybridized carbons (Fsp3) is 0.200. The summed E-state index contributed by atoms with van der Waals surface area (Å²) in [4.78, 5) is 21.2. The van der Waals surface area contributed by atoms with Crippen LogP contribution in [0.5, 0.6) is 0 Å². The van der Waals surface area contributed by atoms with E-state index in [1.807, 2.05) is 5.73 Å². The van der Waals surface area contributed by atoms with E-state index in [1.165, 1.54) is 0 Å². The third kappa shape index (κ3) is 3.43. The fourth-order valence-electron chi connectivity index (χ4n) is 0.523. The van der Waals surface area contributed by atoms with Crippen molar-refractivity contribution in [3.63, 3.8) is 0 Å². The van der Waals surface area contributed by atoms with Gasteiger partial charge in [0.05, 0.1) is 5.75 Å². The Balaban J connectivity index is 2.76. The van der Waals surface area contributed by atoms with Crippen LogP contribution in [-0.4, -0.2) is 31.8 Å². The summed E-state index contributed by atoms with van der Waals surface area (Å²) in [6, 6.07) is 0. The van der Waals surface area contributed by atoms with Crippen LogP contribution in [0.25, 0.3) is 0 Å². The number of rotatable bonds is 4. The average Bonchev–Trinajstić information content (AvgIpc) is 2.14. The monoisotopic (exact) mass is 221 g/mol. The largest absolute Gasteiger partial charge is 0.481 e. The molecular weight excluding hydrogens is 216 g/mol. The minimum atomic E-state index is -0.980. The van der Waals surface area contributed by atoms with Crippen molar-refractivity contribution in [3.8, 4) is 0 Å². The number of aromatic nitrogens is 3. The number of aliphatic carboxylic acids is 1. The molecule has 0 aliphatic heterocycles. The summed E-state index contributed by atoms with van der Waals surface area (Å²) in [5.74, 6) is -1.16. The van der Waals surface area contributed by atoms with Crippen molar-refractivity contribution in [2.75, 3.05) is 11.5 Å². The van der Waals surface area contributed by atoms with Gasteiger partial charge in [-0.05, 0) is 11.6 Å². The highest BCUT2D eigenvalue weighted by atomic mass is 35.5. The first-order valence-electron chi connectivity index (χ1n) is 3.55. The van der Waals surface area contributed by atoms with Crippen molar-refractivity contribution in [1.29, 1.82) is 0 Å². The molecule has 13 heavy (non-hydrogen) atoms. The highest BCUT2D eigenvalue weighted by Crippen LogP contribution is 2.14. The van der Waals surface area contributed by atoms with Crippen molar-refractivity contribution in [1.82, 2.24) is 15.0 Å².